The Morgan fingerprint density at radius 2 is 2.16 bits per heavy atom. The maximum atomic E-state index is 11.3. The topological polar surface area (TPSA) is 58.4 Å². The second kappa shape index (κ2) is 6.02. The van der Waals surface area contributed by atoms with E-state index in [1.807, 2.05) is 17.0 Å². The van der Waals surface area contributed by atoms with Gasteiger partial charge in [0.05, 0.1) is 0 Å². The molecule has 4 nitrogen and oxygen atoms in total. The summed E-state index contributed by atoms with van der Waals surface area (Å²) in [6.45, 7) is 2.90. The first-order valence-corrected chi connectivity index (χ1v) is 6.98. The van der Waals surface area contributed by atoms with Crippen molar-refractivity contribution in [2.75, 3.05) is 11.9 Å². The average Bonchev–Trinajstić information content (AvgIpc) is 2.89. The lowest BCUT2D eigenvalue weighted by Gasteiger charge is -2.25. The normalized spacial score (nSPS) is 18.4. The lowest BCUT2D eigenvalue weighted by atomic mass is 10.1. The van der Waals surface area contributed by atoms with E-state index >= 15 is 0 Å². The van der Waals surface area contributed by atoms with Gasteiger partial charge >= 0.3 is 0 Å². The van der Waals surface area contributed by atoms with Crippen molar-refractivity contribution in [2.24, 2.45) is 5.73 Å². The third-order valence-corrected chi connectivity index (χ3v) is 3.79. The summed E-state index contributed by atoms with van der Waals surface area (Å²) in [5.41, 5.74) is 7.62. The van der Waals surface area contributed by atoms with Crippen molar-refractivity contribution in [3.05, 3.63) is 29.8 Å². The summed E-state index contributed by atoms with van der Waals surface area (Å²) in [6, 6.07) is 7.87. The molecule has 0 aromatic heterocycles. The van der Waals surface area contributed by atoms with Gasteiger partial charge in [0.25, 0.3) is 0 Å². The molecule has 2 rings (SSSR count). The van der Waals surface area contributed by atoms with Gasteiger partial charge in [-0.2, -0.15) is 0 Å². The van der Waals surface area contributed by atoms with Crippen molar-refractivity contribution in [1.82, 2.24) is 4.90 Å². The first-order chi connectivity index (χ1) is 9.11. The van der Waals surface area contributed by atoms with E-state index in [2.05, 4.69) is 24.4 Å². The number of benzene rings is 1. The van der Waals surface area contributed by atoms with Crippen LogP contribution < -0.4 is 11.1 Å². The van der Waals surface area contributed by atoms with E-state index in [4.69, 9.17) is 18.0 Å². The highest BCUT2D eigenvalue weighted by Gasteiger charge is 2.30. The van der Waals surface area contributed by atoms with Crippen molar-refractivity contribution in [3.8, 4) is 0 Å². The molecule has 1 aromatic carbocycles. The number of rotatable bonds is 3. The van der Waals surface area contributed by atoms with Crippen molar-refractivity contribution in [1.29, 1.82) is 0 Å². The number of hydrogen-bond donors (Lipinski definition) is 2. The Morgan fingerprint density at radius 3 is 2.74 bits per heavy atom. The first-order valence-electron chi connectivity index (χ1n) is 6.57. The van der Waals surface area contributed by atoms with Crippen LogP contribution in [0, 0.1) is 0 Å². The van der Waals surface area contributed by atoms with Gasteiger partial charge in [0.15, 0.2) is 5.11 Å². The number of primary amides is 1. The highest BCUT2D eigenvalue weighted by molar-refractivity contribution is 7.80. The predicted octanol–water partition coefficient (Wildman–Crippen LogP) is 1.90. The second-order valence-electron chi connectivity index (χ2n) is 4.73. The van der Waals surface area contributed by atoms with Gasteiger partial charge in [-0.3, -0.25) is 4.79 Å². The molecule has 0 bridgehead atoms. The third-order valence-electron chi connectivity index (χ3n) is 3.46. The molecule has 0 unspecified atom stereocenters. The van der Waals surface area contributed by atoms with Gasteiger partial charge in [-0.1, -0.05) is 19.1 Å². The number of aryl methyl sites for hydroxylation is 1. The van der Waals surface area contributed by atoms with Gasteiger partial charge in [-0.05, 0) is 49.2 Å². The molecule has 0 spiro atoms. The summed E-state index contributed by atoms with van der Waals surface area (Å²) < 4.78 is 0. The Balaban J connectivity index is 2.01. The Morgan fingerprint density at radius 1 is 1.47 bits per heavy atom. The fourth-order valence-corrected chi connectivity index (χ4v) is 2.66. The van der Waals surface area contributed by atoms with E-state index in [1.54, 1.807) is 0 Å². The van der Waals surface area contributed by atoms with E-state index in [1.165, 1.54) is 5.56 Å². The number of nitrogens with two attached hydrogens (primary N) is 1. The van der Waals surface area contributed by atoms with Crippen LogP contribution in [-0.4, -0.2) is 28.5 Å². The Labute approximate surface area is 119 Å². The summed E-state index contributed by atoms with van der Waals surface area (Å²) >= 11 is 5.36. The smallest absolute Gasteiger partial charge is 0.240 e. The fraction of sp³-hybridized carbons (Fsp3) is 0.429. The molecule has 1 atom stereocenters. The molecule has 3 N–H and O–H groups in total. The molecule has 0 radical (unpaired) electrons. The fourth-order valence-electron chi connectivity index (χ4n) is 2.32. The van der Waals surface area contributed by atoms with Crippen molar-refractivity contribution >= 4 is 28.9 Å². The van der Waals surface area contributed by atoms with Crippen LogP contribution in [0.25, 0.3) is 0 Å². The Hall–Kier alpha value is -1.62. The molecule has 1 aliphatic heterocycles. The molecule has 1 amide bonds. The molecular formula is C14H19N3OS. The van der Waals surface area contributed by atoms with Gasteiger partial charge in [0, 0.05) is 12.2 Å². The zero-order chi connectivity index (χ0) is 13.8. The van der Waals surface area contributed by atoms with E-state index in [9.17, 15) is 4.79 Å². The van der Waals surface area contributed by atoms with E-state index < -0.39 is 0 Å². The number of anilines is 1. The molecule has 1 heterocycles. The predicted molar refractivity (Wildman–Crippen MR) is 81.0 cm³/mol. The number of carbonyl (C=O) groups is 1. The SMILES string of the molecule is CCc1ccc(NC(=S)N2CCC[C@@H]2C(N)=O)cc1. The van der Waals surface area contributed by atoms with Crippen LogP contribution >= 0.6 is 12.2 Å². The van der Waals surface area contributed by atoms with E-state index in [0.717, 1.165) is 31.5 Å². The van der Waals surface area contributed by atoms with Crippen LogP contribution in [0.4, 0.5) is 5.69 Å². The molecule has 5 heteroatoms. The Kier molecular flexibility index (Phi) is 4.37. The number of likely N-dealkylation sites (tertiary alicyclic amines) is 1. The maximum absolute atomic E-state index is 11.3. The molecule has 1 aliphatic rings. The summed E-state index contributed by atoms with van der Waals surface area (Å²) in [7, 11) is 0. The van der Waals surface area contributed by atoms with Crippen LogP contribution in [0.1, 0.15) is 25.3 Å². The van der Waals surface area contributed by atoms with Crippen LogP contribution in [0.2, 0.25) is 0 Å². The monoisotopic (exact) mass is 277 g/mol. The van der Waals surface area contributed by atoms with Crippen LogP contribution in [0.3, 0.4) is 0 Å². The lowest BCUT2D eigenvalue weighted by molar-refractivity contribution is -0.121. The molecule has 0 saturated carbocycles. The number of amides is 1. The Bertz CT molecular complexity index is 472. The number of thiocarbonyl (C=S) groups is 1. The maximum Gasteiger partial charge on any atom is 0.240 e. The lowest BCUT2D eigenvalue weighted by Crippen LogP contribution is -2.45. The number of carbonyl (C=O) groups excluding carboxylic acids is 1. The zero-order valence-corrected chi connectivity index (χ0v) is 11.9. The standard InChI is InChI=1S/C14H19N3OS/c1-2-10-5-7-11(8-6-10)16-14(19)17-9-3-4-12(17)13(15)18/h5-8,12H,2-4,9H2,1H3,(H2,15,18)(H,16,19)/t12-/m1/s1. The summed E-state index contributed by atoms with van der Waals surface area (Å²) in [4.78, 5) is 13.2. The van der Waals surface area contributed by atoms with Crippen LogP contribution in [0.15, 0.2) is 24.3 Å². The zero-order valence-electron chi connectivity index (χ0n) is 11.1. The van der Waals surface area contributed by atoms with Gasteiger partial charge in [-0.15, -0.1) is 0 Å². The summed E-state index contributed by atoms with van der Waals surface area (Å²) in [5, 5.41) is 3.74. The minimum atomic E-state index is -0.303. The van der Waals surface area contributed by atoms with Crippen molar-refractivity contribution in [3.63, 3.8) is 0 Å². The third kappa shape index (κ3) is 3.23. The van der Waals surface area contributed by atoms with E-state index in [0.29, 0.717) is 5.11 Å². The quantitative estimate of drug-likeness (QED) is 0.829. The molecular weight excluding hydrogens is 258 g/mol. The first kappa shape index (κ1) is 13.8. The molecule has 102 valence electrons. The highest BCUT2D eigenvalue weighted by Crippen LogP contribution is 2.19. The van der Waals surface area contributed by atoms with Crippen LogP contribution in [0.5, 0.6) is 0 Å². The average molecular weight is 277 g/mol. The number of hydrogen-bond acceptors (Lipinski definition) is 2. The van der Waals surface area contributed by atoms with Gasteiger partial charge in [-0.25, -0.2) is 0 Å². The van der Waals surface area contributed by atoms with Crippen LogP contribution in [-0.2, 0) is 11.2 Å². The van der Waals surface area contributed by atoms with Crippen molar-refractivity contribution < 1.29 is 4.79 Å². The molecule has 19 heavy (non-hydrogen) atoms. The summed E-state index contributed by atoms with van der Waals surface area (Å²) in [5.74, 6) is -0.303. The van der Waals surface area contributed by atoms with E-state index in [-0.39, 0.29) is 11.9 Å². The van der Waals surface area contributed by atoms with Gasteiger partial charge in [0.1, 0.15) is 6.04 Å². The molecule has 1 fully saturated rings. The minimum Gasteiger partial charge on any atom is -0.368 e. The highest BCUT2D eigenvalue weighted by atomic mass is 32.1. The number of nitrogens with zero attached hydrogens (tertiary/aromatic N) is 1. The summed E-state index contributed by atoms with van der Waals surface area (Å²) in [6.07, 6.45) is 2.75. The largest absolute Gasteiger partial charge is 0.368 e. The van der Waals surface area contributed by atoms with Crippen molar-refractivity contribution in [2.45, 2.75) is 32.2 Å². The second-order valence-corrected chi connectivity index (χ2v) is 5.12. The minimum absolute atomic E-state index is 0.269. The number of nitrogens with one attached hydrogen (secondary N) is 1. The molecule has 0 aliphatic carbocycles. The van der Waals surface area contributed by atoms with Gasteiger partial charge < -0.3 is 16.0 Å². The molecule has 1 saturated heterocycles. The van der Waals surface area contributed by atoms with Gasteiger partial charge in [0.2, 0.25) is 5.91 Å². The molecule has 1 aromatic rings.